The van der Waals surface area contributed by atoms with Gasteiger partial charge in [-0.05, 0) is 38.3 Å². The van der Waals surface area contributed by atoms with Crippen LogP contribution in [-0.2, 0) is 0 Å². The molecule has 3 aliphatic heterocycles. The molecule has 1 radical (unpaired) electrons. The van der Waals surface area contributed by atoms with Crippen LogP contribution in [0, 0.1) is 12.2 Å². The number of nitrogens with zero attached hydrogens (tertiary/aromatic N) is 1. The molecule has 3 saturated heterocycles. The van der Waals surface area contributed by atoms with Crippen LogP contribution < -0.4 is 0 Å². The summed E-state index contributed by atoms with van der Waals surface area (Å²) in [5, 5.41) is 0.757. The SMILES string of the molecule is [CH2]SC1CC2CCN1CC2. The number of hydrogen-bond acceptors (Lipinski definition) is 2. The number of piperidine rings is 3. The van der Waals surface area contributed by atoms with Crippen molar-refractivity contribution in [2.45, 2.75) is 24.6 Å². The van der Waals surface area contributed by atoms with Crippen molar-refractivity contribution in [1.82, 2.24) is 4.90 Å². The van der Waals surface area contributed by atoms with Crippen LogP contribution in [0.3, 0.4) is 0 Å². The van der Waals surface area contributed by atoms with Gasteiger partial charge in [-0.3, -0.25) is 4.90 Å². The molecule has 1 nitrogen and oxygen atoms in total. The number of hydrogen-bond donors (Lipinski definition) is 0. The molecule has 3 fully saturated rings. The minimum atomic E-state index is 0.757. The van der Waals surface area contributed by atoms with Crippen molar-refractivity contribution >= 4 is 11.8 Å². The molecule has 0 aromatic heterocycles. The first-order valence-electron chi connectivity index (χ1n) is 4.05. The Morgan fingerprint density at radius 1 is 1.30 bits per heavy atom. The van der Waals surface area contributed by atoms with E-state index in [0.717, 1.165) is 11.3 Å². The second kappa shape index (κ2) is 2.74. The first-order valence-corrected chi connectivity index (χ1v) is 5.10. The Morgan fingerprint density at radius 3 is 2.30 bits per heavy atom. The lowest BCUT2D eigenvalue weighted by Crippen LogP contribution is -2.46. The molecule has 0 aromatic rings. The van der Waals surface area contributed by atoms with E-state index in [9.17, 15) is 0 Å². The van der Waals surface area contributed by atoms with Crippen molar-refractivity contribution in [2.24, 2.45) is 5.92 Å². The van der Waals surface area contributed by atoms with Gasteiger partial charge in [-0.1, -0.05) is 0 Å². The van der Waals surface area contributed by atoms with E-state index in [1.165, 1.54) is 32.4 Å². The highest BCUT2D eigenvalue weighted by atomic mass is 32.2. The van der Waals surface area contributed by atoms with E-state index in [4.69, 9.17) is 0 Å². The van der Waals surface area contributed by atoms with Crippen molar-refractivity contribution in [3.8, 4) is 0 Å². The summed E-state index contributed by atoms with van der Waals surface area (Å²) in [5.74, 6) is 1.03. The first-order chi connectivity index (χ1) is 4.90. The number of thioether (sulfide) groups is 1. The zero-order chi connectivity index (χ0) is 6.97. The zero-order valence-corrected chi connectivity index (χ0v) is 7.07. The largest absolute Gasteiger partial charge is 0.291 e. The summed E-state index contributed by atoms with van der Waals surface area (Å²) < 4.78 is 0. The molecule has 0 amide bonds. The summed E-state index contributed by atoms with van der Waals surface area (Å²) in [4.78, 5) is 2.58. The van der Waals surface area contributed by atoms with Gasteiger partial charge in [0.25, 0.3) is 0 Å². The molecular weight excluding hydrogens is 142 g/mol. The third-order valence-corrected chi connectivity index (χ3v) is 3.66. The third kappa shape index (κ3) is 1.08. The standard InChI is InChI=1S/C8H14NS/c1-10-8-6-7-2-4-9(8)5-3-7/h7-8H,1-6H2. The van der Waals surface area contributed by atoms with Crippen molar-refractivity contribution in [3.63, 3.8) is 0 Å². The van der Waals surface area contributed by atoms with E-state index in [0.29, 0.717) is 0 Å². The quantitative estimate of drug-likeness (QED) is 0.571. The number of fused-ring (bicyclic) bond motifs is 3. The van der Waals surface area contributed by atoms with Crippen LogP contribution >= 0.6 is 11.8 Å². The van der Waals surface area contributed by atoms with Crippen LogP contribution in [0.4, 0.5) is 0 Å². The minimum absolute atomic E-state index is 0.757. The molecule has 0 N–H and O–H groups in total. The predicted molar refractivity (Wildman–Crippen MR) is 45.7 cm³/mol. The van der Waals surface area contributed by atoms with E-state index in [1.807, 2.05) is 0 Å². The molecule has 0 spiro atoms. The fourth-order valence-electron chi connectivity index (χ4n) is 2.08. The predicted octanol–water partition coefficient (Wildman–Crippen LogP) is 1.95. The molecule has 1 atom stereocenters. The van der Waals surface area contributed by atoms with Crippen molar-refractivity contribution in [1.29, 1.82) is 0 Å². The molecule has 10 heavy (non-hydrogen) atoms. The topological polar surface area (TPSA) is 3.24 Å². The van der Waals surface area contributed by atoms with Crippen LogP contribution in [0.5, 0.6) is 0 Å². The van der Waals surface area contributed by atoms with Gasteiger partial charge in [-0.2, -0.15) is 0 Å². The maximum Gasteiger partial charge on any atom is 0.0560 e. The molecule has 3 aliphatic rings. The van der Waals surface area contributed by atoms with E-state index >= 15 is 0 Å². The second-order valence-corrected chi connectivity index (χ2v) is 4.21. The monoisotopic (exact) mass is 156 g/mol. The van der Waals surface area contributed by atoms with Crippen LogP contribution in [0.1, 0.15) is 19.3 Å². The van der Waals surface area contributed by atoms with Crippen molar-refractivity contribution in [2.75, 3.05) is 13.1 Å². The molecule has 57 valence electrons. The average molecular weight is 156 g/mol. The Hall–Kier alpha value is 0.310. The van der Waals surface area contributed by atoms with E-state index in [-0.39, 0.29) is 0 Å². The van der Waals surface area contributed by atoms with E-state index < -0.39 is 0 Å². The van der Waals surface area contributed by atoms with Crippen molar-refractivity contribution in [3.05, 3.63) is 6.26 Å². The van der Waals surface area contributed by atoms with Crippen LogP contribution in [0.25, 0.3) is 0 Å². The highest BCUT2D eigenvalue weighted by Gasteiger charge is 2.32. The lowest BCUT2D eigenvalue weighted by molar-refractivity contribution is 0.0939. The summed E-state index contributed by atoms with van der Waals surface area (Å²) in [6, 6.07) is 0. The van der Waals surface area contributed by atoms with E-state index in [2.05, 4.69) is 11.2 Å². The van der Waals surface area contributed by atoms with E-state index in [1.54, 1.807) is 11.8 Å². The van der Waals surface area contributed by atoms with Crippen LogP contribution in [0.2, 0.25) is 0 Å². The average Bonchev–Trinajstić information content (AvgIpc) is 2.06. The zero-order valence-electron chi connectivity index (χ0n) is 6.25. The maximum atomic E-state index is 3.90. The summed E-state index contributed by atoms with van der Waals surface area (Å²) in [7, 11) is 0. The van der Waals surface area contributed by atoms with Gasteiger partial charge < -0.3 is 0 Å². The van der Waals surface area contributed by atoms with Gasteiger partial charge in [0.15, 0.2) is 0 Å². The van der Waals surface area contributed by atoms with Crippen LogP contribution in [-0.4, -0.2) is 23.4 Å². The third-order valence-electron chi connectivity index (χ3n) is 2.78. The van der Waals surface area contributed by atoms with Gasteiger partial charge in [0, 0.05) is 6.26 Å². The lowest BCUT2D eigenvalue weighted by Gasteiger charge is -2.44. The van der Waals surface area contributed by atoms with Gasteiger partial charge in [-0.15, -0.1) is 11.8 Å². The minimum Gasteiger partial charge on any atom is -0.291 e. The summed E-state index contributed by atoms with van der Waals surface area (Å²) >= 11 is 1.78. The highest BCUT2D eigenvalue weighted by molar-refractivity contribution is 8.00. The molecular formula is C8H14NS. The maximum absolute atomic E-state index is 3.90. The number of rotatable bonds is 1. The molecule has 0 saturated carbocycles. The lowest BCUT2D eigenvalue weighted by atomic mass is 9.88. The Morgan fingerprint density at radius 2 is 2.00 bits per heavy atom. The molecule has 2 bridgehead atoms. The van der Waals surface area contributed by atoms with Gasteiger partial charge in [0.05, 0.1) is 5.37 Å². The Balaban J connectivity index is 2.01. The molecule has 0 aromatic carbocycles. The fourth-order valence-corrected chi connectivity index (χ4v) is 2.91. The van der Waals surface area contributed by atoms with Gasteiger partial charge in [-0.25, -0.2) is 0 Å². The molecule has 3 heterocycles. The molecule has 2 heteroatoms. The first kappa shape index (κ1) is 6.99. The molecule has 0 aliphatic carbocycles. The Kier molecular flexibility index (Phi) is 1.92. The van der Waals surface area contributed by atoms with Gasteiger partial charge in [0.1, 0.15) is 0 Å². The van der Waals surface area contributed by atoms with Gasteiger partial charge in [0.2, 0.25) is 0 Å². The normalized spacial score (nSPS) is 45.9. The summed E-state index contributed by atoms with van der Waals surface area (Å²) in [6.07, 6.45) is 8.18. The van der Waals surface area contributed by atoms with Gasteiger partial charge >= 0.3 is 0 Å². The Bertz CT molecular complexity index is 118. The van der Waals surface area contributed by atoms with Crippen molar-refractivity contribution < 1.29 is 0 Å². The highest BCUT2D eigenvalue weighted by Crippen LogP contribution is 2.36. The second-order valence-electron chi connectivity index (χ2n) is 3.34. The van der Waals surface area contributed by atoms with Crippen LogP contribution in [0.15, 0.2) is 0 Å². The summed E-state index contributed by atoms with van der Waals surface area (Å²) in [5.41, 5.74) is 0. The fraction of sp³-hybridized carbons (Fsp3) is 0.875. The molecule has 1 unspecified atom stereocenters. The Labute approximate surface area is 67.2 Å². The summed E-state index contributed by atoms with van der Waals surface area (Å²) in [6.45, 7) is 2.66. The smallest absolute Gasteiger partial charge is 0.0560 e. The molecule has 3 rings (SSSR count).